The number of carbonyl (C=O) groups is 1. The predicted octanol–water partition coefficient (Wildman–Crippen LogP) is 4.32. The number of nitrogens with zero attached hydrogens (tertiary/aromatic N) is 3. The van der Waals surface area contributed by atoms with E-state index in [1.165, 1.54) is 6.92 Å². The summed E-state index contributed by atoms with van der Waals surface area (Å²) in [6.07, 6.45) is 1.54. The van der Waals surface area contributed by atoms with Gasteiger partial charge in [0.05, 0.1) is 6.20 Å². The third-order valence-corrected chi connectivity index (χ3v) is 3.73. The second kappa shape index (κ2) is 7.18. The van der Waals surface area contributed by atoms with Gasteiger partial charge >= 0.3 is 0 Å². The first-order chi connectivity index (χ1) is 11.6. The number of hydrogen-bond donors (Lipinski definition) is 2. The van der Waals surface area contributed by atoms with Gasteiger partial charge in [-0.3, -0.25) is 4.79 Å². The Morgan fingerprint density at radius 3 is 2.58 bits per heavy atom. The molecule has 6 nitrogen and oxygen atoms in total. The van der Waals surface area contributed by atoms with Crippen molar-refractivity contribution < 1.29 is 4.79 Å². The average molecular weight is 384 g/mol. The van der Waals surface area contributed by atoms with E-state index >= 15 is 0 Å². The van der Waals surface area contributed by atoms with Crippen molar-refractivity contribution in [3.05, 3.63) is 64.8 Å². The second-order valence-corrected chi connectivity index (χ2v) is 5.97. The maximum absolute atomic E-state index is 11.4. The molecule has 0 radical (unpaired) electrons. The van der Waals surface area contributed by atoms with E-state index in [9.17, 15) is 4.79 Å². The van der Waals surface area contributed by atoms with Gasteiger partial charge in [0, 0.05) is 21.4 Å². The van der Waals surface area contributed by atoms with Crippen LogP contribution in [-0.4, -0.2) is 21.0 Å². The lowest BCUT2D eigenvalue weighted by atomic mass is 10.1. The number of ketones is 1. The van der Waals surface area contributed by atoms with Crippen LogP contribution in [0, 0.1) is 0 Å². The molecule has 0 saturated heterocycles. The van der Waals surface area contributed by atoms with Crippen molar-refractivity contribution in [2.75, 3.05) is 10.6 Å². The number of hydrogen-bond acceptors (Lipinski definition) is 6. The van der Waals surface area contributed by atoms with Crippen LogP contribution in [0.2, 0.25) is 0 Å². The van der Waals surface area contributed by atoms with Crippen molar-refractivity contribution in [3.63, 3.8) is 0 Å². The highest BCUT2D eigenvalue weighted by Gasteiger charge is 2.04. The third-order valence-electron chi connectivity index (χ3n) is 3.20. The zero-order valence-corrected chi connectivity index (χ0v) is 14.4. The molecule has 0 amide bonds. The van der Waals surface area contributed by atoms with Gasteiger partial charge in [-0.25, -0.2) is 0 Å². The van der Waals surface area contributed by atoms with Gasteiger partial charge in [-0.15, -0.1) is 5.10 Å². The van der Waals surface area contributed by atoms with E-state index < -0.39 is 0 Å². The summed E-state index contributed by atoms with van der Waals surface area (Å²) in [6.45, 7) is 1.53. The molecular weight excluding hydrogens is 370 g/mol. The van der Waals surface area contributed by atoms with Crippen LogP contribution in [0.25, 0.3) is 0 Å². The van der Waals surface area contributed by atoms with Crippen LogP contribution in [-0.2, 0) is 0 Å². The van der Waals surface area contributed by atoms with Gasteiger partial charge in [0.15, 0.2) is 11.6 Å². The fraction of sp³-hybridized carbons (Fsp3) is 0.0588. The Bertz CT molecular complexity index is 867. The fourth-order valence-corrected chi connectivity index (χ4v) is 2.31. The smallest absolute Gasteiger partial charge is 0.249 e. The Morgan fingerprint density at radius 1 is 1.04 bits per heavy atom. The van der Waals surface area contributed by atoms with Gasteiger partial charge in [-0.05, 0) is 43.3 Å². The van der Waals surface area contributed by atoms with E-state index in [1.807, 2.05) is 30.3 Å². The monoisotopic (exact) mass is 383 g/mol. The number of Topliss-reactive ketones (excluding diaryl/α,β-unsaturated/α-hetero) is 1. The van der Waals surface area contributed by atoms with Crippen LogP contribution in [0.15, 0.2) is 59.2 Å². The molecule has 0 aliphatic carbocycles. The lowest BCUT2D eigenvalue weighted by Crippen LogP contribution is -2.03. The van der Waals surface area contributed by atoms with E-state index in [0.717, 1.165) is 15.8 Å². The SMILES string of the molecule is CC(=O)c1cccc(Nc2nncc(Nc3ccc(Br)cc3)n2)c1. The molecule has 3 aromatic rings. The first-order valence-corrected chi connectivity index (χ1v) is 8.00. The molecule has 0 saturated carbocycles. The van der Waals surface area contributed by atoms with Crippen molar-refractivity contribution in [1.29, 1.82) is 0 Å². The molecule has 1 aromatic heterocycles. The molecule has 120 valence electrons. The summed E-state index contributed by atoms with van der Waals surface area (Å²) < 4.78 is 1.00. The Morgan fingerprint density at radius 2 is 1.83 bits per heavy atom. The van der Waals surface area contributed by atoms with Crippen LogP contribution in [0.4, 0.5) is 23.1 Å². The highest BCUT2D eigenvalue weighted by Crippen LogP contribution is 2.19. The minimum atomic E-state index is 0.00310. The molecule has 0 fully saturated rings. The van der Waals surface area contributed by atoms with Crippen molar-refractivity contribution in [3.8, 4) is 0 Å². The van der Waals surface area contributed by atoms with E-state index in [4.69, 9.17) is 0 Å². The van der Waals surface area contributed by atoms with E-state index in [0.29, 0.717) is 17.3 Å². The Labute approximate surface area is 147 Å². The normalized spacial score (nSPS) is 10.2. The Kier molecular flexibility index (Phi) is 4.81. The summed E-state index contributed by atoms with van der Waals surface area (Å²) in [5.41, 5.74) is 2.24. The second-order valence-electron chi connectivity index (χ2n) is 5.06. The average Bonchev–Trinajstić information content (AvgIpc) is 2.57. The molecule has 7 heteroatoms. The van der Waals surface area contributed by atoms with Crippen molar-refractivity contribution in [1.82, 2.24) is 15.2 Å². The van der Waals surface area contributed by atoms with E-state index in [-0.39, 0.29) is 5.78 Å². The van der Waals surface area contributed by atoms with Gasteiger partial charge in [0.25, 0.3) is 0 Å². The molecular formula is C17H14BrN5O. The largest absolute Gasteiger partial charge is 0.339 e. The quantitative estimate of drug-likeness (QED) is 0.638. The van der Waals surface area contributed by atoms with Gasteiger partial charge in [-0.1, -0.05) is 28.1 Å². The van der Waals surface area contributed by atoms with Crippen LogP contribution in [0.5, 0.6) is 0 Å². The highest BCUT2D eigenvalue weighted by molar-refractivity contribution is 9.10. The van der Waals surface area contributed by atoms with Gasteiger partial charge in [0.2, 0.25) is 5.95 Å². The number of rotatable bonds is 5. The molecule has 24 heavy (non-hydrogen) atoms. The van der Waals surface area contributed by atoms with Crippen molar-refractivity contribution in [2.24, 2.45) is 0 Å². The van der Waals surface area contributed by atoms with E-state index in [1.54, 1.807) is 24.4 Å². The number of benzene rings is 2. The number of nitrogens with one attached hydrogen (secondary N) is 2. The molecule has 3 rings (SSSR count). The molecule has 1 heterocycles. The zero-order valence-electron chi connectivity index (χ0n) is 12.8. The molecule has 2 aromatic carbocycles. The highest BCUT2D eigenvalue weighted by atomic mass is 79.9. The van der Waals surface area contributed by atoms with Gasteiger partial charge < -0.3 is 10.6 Å². The fourth-order valence-electron chi connectivity index (χ4n) is 2.04. The summed E-state index contributed by atoms with van der Waals surface area (Å²) in [4.78, 5) is 15.8. The number of carbonyl (C=O) groups excluding carboxylic acids is 1. The standard InChI is InChI=1S/C17H14BrN5O/c1-11(24)12-3-2-4-15(9-12)21-17-22-16(10-19-23-17)20-14-7-5-13(18)6-8-14/h2-10H,1H3,(H2,20,21,22,23). The maximum Gasteiger partial charge on any atom is 0.249 e. The Hall–Kier alpha value is -2.80. The van der Waals surface area contributed by atoms with Gasteiger partial charge in [0.1, 0.15) is 0 Å². The topological polar surface area (TPSA) is 79.8 Å². The number of halogens is 1. The molecule has 0 bridgehead atoms. The summed E-state index contributed by atoms with van der Waals surface area (Å²) in [5.74, 6) is 0.915. The number of anilines is 4. The summed E-state index contributed by atoms with van der Waals surface area (Å²) in [5, 5.41) is 14.1. The van der Waals surface area contributed by atoms with Crippen LogP contribution < -0.4 is 10.6 Å². The molecule has 0 aliphatic heterocycles. The summed E-state index contributed by atoms with van der Waals surface area (Å²) in [7, 11) is 0. The van der Waals surface area contributed by atoms with Crippen molar-refractivity contribution >= 4 is 44.9 Å². The molecule has 0 aliphatic rings. The van der Waals surface area contributed by atoms with E-state index in [2.05, 4.69) is 41.7 Å². The zero-order chi connectivity index (χ0) is 16.9. The lowest BCUT2D eigenvalue weighted by Gasteiger charge is -2.08. The molecule has 2 N–H and O–H groups in total. The number of aromatic nitrogens is 3. The third kappa shape index (κ3) is 4.14. The van der Waals surface area contributed by atoms with Gasteiger partial charge in [-0.2, -0.15) is 10.1 Å². The first-order valence-electron chi connectivity index (χ1n) is 7.20. The minimum absolute atomic E-state index is 0.00310. The molecule has 0 spiro atoms. The van der Waals surface area contributed by atoms with Crippen LogP contribution in [0.3, 0.4) is 0 Å². The Balaban J connectivity index is 1.76. The van der Waals surface area contributed by atoms with Crippen LogP contribution >= 0.6 is 15.9 Å². The summed E-state index contributed by atoms with van der Waals surface area (Å²) in [6, 6.07) is 14.9. The lowest BCUT2D eigenvalue weighted by molar-refractivity contribution is 0.101. The molecule has 0 atom stereocenters. The maximum atomic E-state index is 11.4. The minimum Gasteiger partial charge on any atom is -0.339 e. The summed E-state index contributed by atoms with van der Waals surface area (Å²) >= 11 is 3.40. The molecule has 0 unspecified atom stereocenters. The first kappa shape index (κ1) is 16.1. The van der Waals surface area contributed by atoms with Crippen molar-refractivity contribution in [2.45, 2.75) is 6.92 Å². The van der Waals surface area contributed by atoms with Crippen LogP contribution in [0.1, 0.15) is 17.3 Å². The predicted molar refractivity (Wildman–Crippen MR) is 97.0 cm³/mol.